The maximum atomic E-state index is 2.44. The molecule has 1 aromatic heterocycles. The van der Waals surface area contributed by atoms with E-state index in [1.807, 2.05) is 11.3 Å². The summed E-state index contributed by atoms with van der Waals surface area (Å²) in [7, 11) is 0. The van der Waals surface area contributed by atoms with Gasteiger partial charge in [0.25, 0.3) is 0 Å². The molecule has 0 spiro atoms. The molecule has 1 aliphatic carbocycles. The van der Waals surface area contributed by atoms with Gasteiger partial charge in [-0.05, 0) is 119 Å². The third-order valence-corrected chi connectivity index (χ3v) is 13.3. The van der Waals surface area contributed by atoms with Crippen molar-refractivity contribution in [1.82, 2.24) is 0 Å². The van der Waals surface area contributed by atoms with E-state index in [1.165, 1.54) is 42.4 Å². The third-order valence-electron chi connectivity index (χ3n) is 12.2. The number of hydrogen-bond donors (Lipinski definition) is 0. The van der Waals surface area contributed by atoms with Crippen LogP contribution in [-0.2, 0) is 5.41 Å². The number of fused-ring (bicyclic) bond motifs is 6. The molecule has 0 N–H and O–H groups in total. The van der Waals surface area contributed by atoms with Crippen LogP contribution in [-0.4, -0.2) is 0 Å². The van der Waals surface area contributed by atoms with E-state index in [4.69, 9.17) is 0 Å². The van der Waals surface area contributed by atoms with Crippen molar-refractivity contribution < 1.29 is 0 Å². The molecule has 0 bridgehead atoms. The second kappa shape index (κ2) is 15.0. The zero-order valence-electron chi connectivity index (χ0n) is 34.1. The molecule has 10 aromatic rings. The van der Waals surface area contributed by atoms with Gasteiger partial charge in [-0.3, -0.25) is 0 Å². The van der Waals surface area contributed by atoms with Crippen LogP contribution in [0.25, 0.3) is 31.3 Å². The first-order chi connectivity index (χ1) is 30.0. The largest absolute Gasteiger partial charge is 0.310 e. The zero-order chi connectivity index (χ0) is 40.9. The van der Waals surface area contributed by atoms with Crippen molar-refractivity contribution in [2.24, 2.45) is 0 Å². The summed E-state index contributed by atoms with van der Waals surface area (Å²) < 4.78 is 2.45. The quantitative estimate of drug-likeness (QED) is 0.144. The standard InChI is InChI=1S/C57H43N3S/c1-57(2)51-31-19-18-30-48(51)49-34-32-45(36-52(49)57)59(42-24-12-5-13-25-42)47-37-53(60(43-26-14-6-15-27-43)44-28-16-7-17-29-44)56-50-35-33-46(38-54(50)61-55(56)39-47)58(40-20-8-3-9-21-40)41-22-10-4-11-23-41/h3-39H,1-2H3. The first-order valence-electron chi connectivity index (χ1n) is 20.9. The van der Waals surface area contributed by atoms with E-state index in [1.54, 1.807) is 0 Å². The Bertz CT molecular complexity index is 3080. The van der Waals surface area contributed by atoms with Crippen molar-refractivity contribution in [3.63, 3.8) is 0 Å². The molecule has 0 unspecified atom stereocenters. The average Bonchev–Trinajstić information content (AvgIpc) is 3.79. The molecule has 0 aliphatic heterocycles. The fourth-order valence-corrected chi connectivity index (χ4v) is 10.5. The molecule has 0 radical (unpaired) electrons. The molecule has 3 nitrogen and oxygen atoms in total. The van der Waals surface area contributed by atoms with E-state index in [2.05, 4.69) is 253 Å². The Morgan fingerprint density at radius 2 is 0.754 bits per heavy atom. The molecule has 0 atom stereocenters. The average molecular weight is 802 g/mol. The molecule has 9 aromatic carbocycles. The Morgan fingerprint density at radius 3 is 1.31 bits per heavy atom. The second-order valence-corrected chi connectivity index (χ2v) is 17.3. The van der Waals surface area contributed by atoms with Crippen molar-refractivity contribution in [3.05, 3.63) is 236 Å². The summed E-state index contributed by atoms with van der Waals surface area (Å²) in [5.74, 6) is 0. The van der Waals surface area contributed by atoms with Crippen LogP contribution >= 0.6 is 11.3 Å². The first-order valence-corrected chi connectivity index (χ1v) is 21.7. The van der Waals surface area contributed by atoms with Crippen molar-refractivity contribution in [2.75, 3.05) is 14.7 Å². The summed E-state index contributed by atoms with van der Waals surface area (Å²) in [4.78, 5) is 7.22. The van der Waals surface area contributed by atoms with Crippen molar-refractivity contribution in [3.8, 4) is 11.1 Å². The van der Waals surface area contributed by atoms with Crippen LogP contribution < -0.4 is 14.7 Å². The molecule has 0 amide bonds. The highest BCUT2D eigenvalue weighted by molar-refractivity contribution is 7.26. The monoisotopic (exact) mass is 801 g/mol. The lowest BCUT2D eigenvalue weighted by Crippen LogP contribution is -2.17. The van der Waals surface area contributed by atoms with Gasteiger partial charge in [0.05, 0.1) is 5.69 Å². The summed E-state index contributed by atoms with van der Waals surface area (Å²) in [5.41, 5.74) is 15.3. The third kappa shape index (κ3) is 6.35. The van der Waals surface area contributed by atoms with Crippen LogP contribution in [0.15, 0.2) is 224 Å². The zero-order valence-corrected chi connectivity index (χ0v) is 34.9. The van der Waals surface area contributed by atoms with E-state index in [-0.39, 0.29) is 5.41 Å². The van der Waals surface area contributed by atoms with Crippen molar-refractivity contribution in [1.29, 1.82) is 0 Å². The number of nitrogens with zero attached hydrogens (tertiary/aromatic N) is 3. The molecule has 1 aliphatic rings. The van der Waals surface area contributed by atoms with Gasteiger partial charge in [-0.25, -0.2) is 0 Å². The number of benzene rings is 9. The minimum atomic E-state index is -0.132. The van der Waals surface area contributed by atoms with Crippen LogP contribution in [0.2, 0.25) is 0 Å². The number of hydrogen-bond acceptors (Lipinski definition) is 4. The Kier molecular flexibility index (Phi) is 9.02. The van der Waals surface area contributed by atoms with E-state index in [0.717, 1.165) is 51.2 Å². The second-order valence-electron chi connectivity index (χ2n) is 16.2. The van der Waals surface area contributed by atoms with Gasteiger partial charge in [-0.15, -0.1) is 11.3 Å². The topological polar surface area (TPSA) is 9.72 Å². The van der Waals surface area contributed by atoms with Gasteiger partial charge in [0.15, 0.2) is 0 Å². The van der Waals surface area contributed by atoms with Crippen LogP contribution in [0.5, 0.6) is 0 Å². The molecule has 292 valence electrons. The van der Waals surface area contributed by atoms with Crippen LogP contribution in [0.1, 0.15) is 25.0 Å². The molecular weight excluding hydrogens is 759 g/mol. The van der Waals surface area contributed by atoms with Gasteiger partial charge in [0.2, 0.25) is 0 Å². The van der Waals surface area contributed by atoms with Gasteiger partial charge in [-0.2, -0.15) is 0 Å². The highest BCUT2D eigenvalue weighted by Gasteiger charge is 2.36. The molecule has 4 heteroatoms. The normalized spacial score (nSPS) is 12.6. The van der Waals surface area contributed by atoms with Gasteiger partial charge in [0.1, 0.15) is 0 Å². The number of thiophene rings is 1. The van der Waals surface area contributed by atoms with Crippen LogP contribution in [0.4, 0.5) is 51.2 Å². The predicted molar refractivity (Wildman–Crippen MR) is 261 cm³/mol. The molecule has 11 rings (SSSR count). The Balaban J connectivity index is 1.17. The molecule has 1 heterocycles. The Hall–Kier alpha value is -7.40. The van der Waals surface area contributed by atoms with E-state index in [9.17, 15) is 0 Å². The molecule has 61 heavy (non-hydrogen) atoms. The number of para-hydroxylation sites is 5. The van der Waals surface area contributed by atoms with Crippen LogP contribution in [0, 0.1) is 0 Å². The van der Waals surface area contributed by atoms with E-state index >= 15 is 0 Å². The number of anilines is 9. The van der Waals surface area contributed by atoms with Crippen LogP contribution in [0.3, 0.4) is 0 Å². The molecular formula is C57H43N3S. The molecule has 0 fully saturated rings. The highest BCUT2D eigenvalue weighted by atomic mass is 32.1. The molecule has 0 saturated heterocycles. The lowest BCUT2D eigenvalue weighted by molar-refractivity contribution is 0.660. The smallest absolute Gasteiger partial charge is 0.0575 e. The Morgan fingerprint density at radius 1 is 0.328 bits per heavy atom. The fraction of sp³-hybridized carbons (Fsp3) is 0.0526. The van der Waals surface area contributed by atoms with Crippen molar-refractivity contribution in [2.45, 2.75) is 19.3 Å². The summed E-state index contributed by atoms with van der Waals surface area (Å²) in [6.07, 6.45) is 0. The van der Waals surface area contributed by atoms with E-state index in [0.29, 0.717) is 0 Å². The van der Waals surface area contributed by atoms with Gasteiger partial charge < -0.3 is 14.7 Å². The predicted octanol–water partition coefficient (Wildman–Crippen LogP) is 16.8. The summed E-state index contributed by atoms with van der Waals surface area (Å²) in [6, 6.07) is 81.5. The number of rotatable bonds is 9. The van der Waals surface area contributed by atoms with Gasteiger partial charge in [-0.1, -0.05) is 141 Å². The maximum absolute atomic E-state index is 2.44. The van der Waals surface area contributed by atoms with Gasteiger partial charge in [0, 0.05) is 71.1 Å². The van der Waals surface area contributed by atoms with Crippen molar-refractivity contribution >= 4 is 82.7 Å². The lowest BCUT2D eigenvalue weighted by atomic mass is 9.82. The lowest BCUT2D eigenvalue weighted by Gasteiger charge is -2.31. The summed E-state index contributed by atoms with van der Waals surface area (Å²) in [6.45, 7) is 4.72. The minimum absolute atomic E-state index is 0.132. The van der Waals surface area contributed by atoms with Gasteiger partial charge >= 0.3 is 0 Å². The maximum Gasteiger partial charge on any atom is 0.0575 e. The summed E-state index contributed by atoms with van der Waals surface area (Å²) in [5, 5.41) is 2.46. The fourth-order valence-electron chi connectivity index (χ4n) is 9.34. The first kappa shape index (κ1) is 36.7. The minimum Gasteiger partial charge on any atom is -0.310 e. The van der Waals surface area contributed by atoms with E-state index < -0.39 is 0 Å². The molecule has 0 saturated carbocycles. The summed E-state index contributed by atoms with van der Waals surface area (Å²) >= 11 is 1.86. The SMILES string of the molecule is CC1(C)c2ccccc2-c2ccc(N(c3ccccc3)c3cc(N(c4ccccc4)c4ccccc4)c4c(c3)sc3cc(N(c5ccccc5)c5ccccc5)ccc34)cc21. The highest BCUT2D eigenvalue weighted by Crippen LogP contribution is 2.53. The Labute approximate surface area is 361 Å².